The van der Waals surface area contributed by atoms with Gasteiger partial charge in [-0.2, -0.15) is 0 Å². The Morgan fingerprint density at radius 2 is 1.30 bits per heavy atom. The van der Waals surface area contributed by atoms with E-state index in [1.165, 1.54) is 0 Å². The quantitative estimate of drug-likeness (QED) is 0.147. The average Bonchev–Trinajstić information content (AvgIpc) is 3.10. The Kier molecular flexibility index (Phi) is 10.5. The first kappa shape index (κ1) is 34.3. The van der Waals surface area contributed by atoms with E-state index in [1.54, 1.807) is 0 Å². The van der Waals surface area contributed by atoms with Gasteiger partial charge in [0.05, 0.1) is 17.3 Å². The first-order valence-electron chi connectivity index (χ1n) is 17.3. The van der Waals surface area contributed by atoms with Crippen molar-refractivity contribution in [3.8, 4) is 0 Å². The SMILES string of the molecule is CC(C)C(C(=O)OBNc1ccc(C(=C2C=CC(=Nc3ccccc3)C=C2)c2ccc(Nc3ccccc3)cc2)c2ccccc12)C(C)(C)C. The van der Waals surface area contributed by atoms with E-state index in [-0.39, 0.29) is 30.8 Å². The summed E-state index contributed by atoms with van der Waals surface area (Å²) in [5.74, 6) is -0.188. The third-order valence-electron chi connectivity index (χ3n) is 8.93. The molecule has 0 heterocycles. The van der Waals surface area contributed by atoms with Crippen molar-refractivity contribution in [3.05, 3.63) is 162 Å². The number of carbonyl (C=O) groups excluding carboxylic acids is 1. The molecule has 5 aromatic rings. The van der Waals surface area contributed by atoms with Crippen LogP contribution in [0.2, 0.25) is 0 Å². The molecule has 0 radical (unpaired) electrons. The molecule has 0 saturated carbocycles. The highest BCUT2D eigenvalue weighted by molar-refractivity contribution is 6.36. The number of anilines is 3. The van der Waals surface area contributed by atoms with Gasteiger partial charge >= 0.3 is 7.62 Å². The number of carbonyl (C=O) groups is 1. The summed E-state index contributed by atoms with van der Waals surface area (Å²) in [5, 5.41) is 9.04. The van der Waals surface area contributed by atoms with E-state index in [1.807, 2.05) is 54.6 Å². The molecule has 0 amide bonds. The van der Waals surface area contributed by atoms with Crippen LogP contribution in [0.3, 0.4) is 0 Å². The van der Waals surface area contributed by atoms with Crippen LogP contribution < -0.4 is 10.5 Å². The van der Waals surface area contributed by atoms with Gasteiger partial charge in [0.15, 0.2) is 0 Å². The normalized spacial score (nSPS) is 13.2. The van der Waals surface area contributed by atoms with Gasteiger partial charge < -0.3 is 15.2 Å². The van der Waals surface area contributed by atoms with E-state index in [9.17, 15) is 4.79 Å². The highest BCUT2D eigenvalue weighted by Crippen LogP contribution is 2.38. The number of hydrogen-bond donors (Lipinski definition) is 2. The van der Waals surface area contributed by atoms with Crippen molar-refractivity contribution in [1.29, 1.82) is 0 Å². The predicted octanol–water partition coefficient (Wildman–Crippen LogP) is 10.8. The molecule has 1 aliphatic carbocycles. The molecule has 250 valence electrons. The van der Waals surface area contributed by atoms with E-state index in [0.29, 0.717) is 0 Å². The first-order valence-corrected chi connectivity index (χ1v) is 17.3. The number of nitrogens with zero attached hydrogens (tertiary/aromatic N) is 1. The summed E-state index contributed by atoms with van der Waals surface area (Å²) in [5.41, 5.74) is 9.00. The number of nitrogens with one attached hydrogen (secondary N) is 2. The third-order valence-corrected chi connectivity index (χ3v) is 8.93. The number of hydrogen-bond acceptors (Lipinski definition) is 5. The maximum absolute atomic E-state index is 13.1. The van der Waals surface area contributed by atoms with Crippen molar-refractivity contribution in [3.63, 3.8) is 0 Å². The van der Waals surface area contributed by atoms with Gasteiger partial charge in [-0.05, 0) is 93.6 Å². The number of para-hydroxylation sites is 2. The molecule has 0 fully saturated rings. The van der Waals surface area contributed by atoms with Gasteiger partial charge in [-0.25, -0.2) is 4.99 Å². The third kappa shape index (κ3) is 8.15. The Morgan fingerprint density at radius 3 is 1.94 bits per heavy atom. The minimum Gasteiger partial charge on any atom is -0.518 e. The molecule has 6 heteroatoms. The van der Waals surface area contributed by atoms with Crippen LogP contribution >= 0.6 is 0 Å². The van der Waals surface area contributed by atoms with Crippen LogP contribution in [0.5, 0.6) is 0 Å². The lowest BCUT2D eigenvalue weighted by Gasteiger charge is -2.32. The molecule has 6 rings (SSSR count). The van der Waals surface area contributed by atoms with Crippen LogP contribution in [0.15, 0.2) is 156 Å². The molecule has 2 N–H and O–H groups in total. The summed E-state index contributed by atoms with van der Waals surface area (Å²) in [6.45, 7) is 10.4. The fourth-order valence-electron chi connectivity index (χ4n) is 6.81. The van der Waals surface area contributed by atoms with Gasteiger partial charge in [0.25, 0.3) is 5.97 Å². The zero-order chi connectivity index (χ0) is 35.1. The number of fused-ring (bicyclic) bond motifs is 1. The second-order valence-electron chi connectivity index (χ2n) is 14.0. The van der Waals surface area contributed by atoms with Crippen LogP contribution in [0.4, 0.5) is 22.7 Å². The summed E-state index contributed by atoms with van der Waals surface area (Å²) in [7, 11) is 0.0975. The lowest BCUT2D eigenvalue weighted by Crippen LogP contribution is -2.35. The lowest BCUT2D eigenvalue weighted by atomic mass is 9.74. The second kappa shape index (κ2) is 15.3. The van der Waals surface area contributed by atoms with Crippen molar-refractivity contribution >= 4 is 58.4 Å². The summed E-state index contributed by atoms with van der Waals surface area (Å²) < 4.78 is 5.80. The van der Waals surface area contributed by atoms with Gasteiger partial charge in [0.2, 0.25) is 0 Å². The summed E-state index contributed by atoms with van der Waals surface area (Å²) in [4.78, 5) is 17.9. The molecule has 5 nitrogen and oxygen atoms in total. The van der Waals surface area contributed by atoms with Crippen LogP contribution in [-0.4, -0.2) is 19.3 Å². The van der Waals surface area contributed by atoms with Gasteiger partial charge in [0.1, 0.15) is 0 Å². The minimum atomic E-state index is -0.193. The summed E-state index contributed by atoms with van der Waals surface area (Å²) in [6.07, 6.45) is 8.44. The average molecular weight is 658 g/mol. The molecule has 0 aliphatic heterocycles. The second-order valence-corrected chi connectivity index (χ2v) is 14.0. The Labute approximate surface area is 296 Å². The highest BCUT2D eigenvalue weighted by Gasteiger charge is 2.35. The van der Waals surface area contributed by atoms with Crippen LogP contribution in [-0.2, 0) is 9.45 Å². The maximum atomic E-state index is 13.1. The zero-order valence-electron chi connectivity index (χ0n) is 29.5. The van der Waals surface area contributed by atoms with Crippen molar-refractivity contribution in [2.45, 2.75) is 34.6 Å². The number of aliphatic imine (C=N–C) groups is 1. The summed E-state index contributed by atoms with van der Waals surface area (Å²) >= 11 is 0. The molecular formula is C44H44BN3O2. The Bertz CT molecular complexity index is 2060. The first-order chi connectivity index (χ1) is 24.2. The van der Waals surface area contributed by atoms with E-state index in [4.69, 9.17) is 9.65 Å². The molecule has 0 saturated heterocycles. The van der Waals surface area contributed by atoms with Crippen LogP contribution in [0.25, 0.3) is 16.3 Å². The molecular weight excluding hydrogens is 613 g/mol. The molecule has 50 heavy (non-hydrogen) atoms. The van der Waals surface area contributed by atoms with Gasteiger partial charge in [-0.15, -0.1) is 0 Å². The Hall–Kier alpha value is -5.62. The van der Waals surface area contributed by atoms with Crippen molar-refractivity contribution in [2.75, 3.05) is 10.5 Å². The smallest absolute Gasteiger partial charge is 0.463 e. The molecule has 0 bridgehead atoms. The van der Waals surface area contributed by atoms with E-state index in [0.717, 1.165) is 61.5 Å². The fourth-order valence-corrected chi connectivity index (χ4v) is 6.81. The number of benzene rings is 5. The Balaban J connectivity index is 1.35. The highest BCUT2D eigenvalue weighted by atomic mass is 16.5. The summed E-state index contributed by atoms with van der Waals surface area (Å²) in [6, 6.07) is 41.4. The lowest BCUT2D eigenvalue weighted by molar-refractivity contribution is -0.144. The van der Waals surface area contributed by atoms with Crippen LogP contribution in [0, 0.1) is 17.3 Å². The number of allylic oxidation sites excluding steroid dienone is 5. The van der Waals surface area contributed by atoms with E-state index < -0.39 is 0 Å². The minimum absolute atomic E-state index is 0.0975. The largest absolute Gasteiger partial charge is 0.518 e. The van der Waals surface area contributed by atoms with Gasteiger partial charge in [-0.1, -0.05) is 126 Å². The molecule has 1 atom stereocenters. The van der Waals surface area contributed by atoms with E-state index >= 15 is 0 Å². The van der Waals surface area contributed by atoms with Crippen molar-refractivity contribution in [1.82, 2.24) is 0 Å². The maximum Gasteiger partial charge on any atom is 0.463 e. The topological polar surface area (TPSA) is 62.7 Å². The molecule has 0 aromatic heterocycles. The number of rotatable bonds is 10. The van der Waals surface area contributed by atoms with Crippen LogP contribution in [0.1, 0.15) is 45.7 Å². The molecule has 1 aliphatic rings. The monoisotopic (exact) mass is 657 g/mol. The van der Waals surface area contributed by atoms with Crippen molar-refractivity contribution in [2.24, 2.45) is 22.2 Å². The predicted molar refractivity (Wildman–Crippen MR) is 213 cm³/mol. The fraction of sp³-hybridized carbons (Fsp3) is 0.182. The molecule has 1 unspecified atom stereocenters. The van der Waals surface area contributed by atoms with E-state index in [2.05, 4.69) is 136 Å². The van der Waals surface area contributed by atoms with Crippen molar-refractivity contribution < 1.29 is 9.45 Å². The molecule has 0 spiro atoms. The standard InChI is InChI=1S/C44H44BN3O2/c1-30(2)42(44(3,4)5)43(49)50-45-48-40-29-28-39(37-18-12-13-19-38(37)40)41(31-20-24-35(25-21-31)46-33-14-8-6-9-15-33)32-22-26-36(27-23-32)47-34-16-10-7-11-17-34/h6-30,42,45-46,48H,1-5H3. The Morgan fingerprint density at radius 1 is 0.700 bits per heavy atom. The zero-order valence-corrected chi connectivity index (χ0v) is 29.5. The van der Waals surface area contributed by atoms with Gasteiger partial charge in [-0.3, -0.25) is 4.79 Å². The van der Waals surface area contributed by atoms with Gasteiger partial charge in [0, 0.05) is 22.4 Å². The molecule has 5 aromatic carbocycles.